The van der Waals surface area contributed by atoms with Gasteiger partial charge >= 0.3 is 0 Å². The van der Waals surface area contributed by atoms with Crippen molar-refractivity contribution in [1.82, 2.24) is 9.80 Å². The lowest BCUT2D eigenvalue weighted by Crippen LogP contribution is -2.50. The molecule has 0 spiro atoms. The van der Waals surface area contributed by atoms with Crippen LogP contribution in [0.15, 0.2) is 54.6 Å². The van der Waals surface area contributed by atoms with Crippen LogP contribution in [0.1, 0.15) is 15.2 Å². The fourth-order valence-corrected chi connectivity index (χ4v) is 4.70. The summed E-state index contributed by atoms with van der Waals surface area (Å²) in [6.07, 6.45) is 3.29. The smallest absolute Gasteiger partial charge is 0.253 e. The van der Waals surface area contributed by atoms with Gasteiger partial charge in [-0.3, -0.25) is 9.59 Å². The van der Waals surface area contributed by atoms with Crippen molar-refractivity contribution in [2.45, 2.75) is 0 Å². The van der Waals surface area contributed by atoms with E-state index in [2.05, 4.69) is 0 Å². The second kappa shape index (κ2) is 8.35. The number of hydrogen-bond acceptors (Lipinski definition) is 3. The van der Waals surface area contributed by atoms with E-state index in [1.807, 2.05) is 24.3 Å². The first-order valence-electron chi connectivity index (χ1n) is 9.22. The minimum atomic E-state index is -0.373. The molecule has 2 amide bonds. The molecule has 0 aliphatic carbocycles. The van der Waals surface area contributed by atoms with Crippen molar-refractivity contribution in [2.75, 3.05) is 26.2 Å². The van der Waals surface area contributed by atoms with E-state index < -0.39 is 0 Å². The Kier molecular flexibility index (Phi) is 5.65. The Morgan fingerprint density at radius 1 is 0.966 bits per heavy atom. The van der Waals surface area contributed by atoms with Crippen LogP contribution in [-0.2, 0) is 4.79 Å². The van der Waals surface area contributed by atoms with E-state index in [0.29, 0.717) is 36.8 Å². The number of rotatable bonds is 3. The maximum atomic E-state index is 13.0. The van der Waals surface area contributed by atoms with Crippen LogP contribution >= 0.6 is 22.9 Å². The quantitative estimate of drug-likeness (QED) is 0.568. The number of fused-ring (bicyclic) bond motifs is 1. The predicted octanol–water partition coefficient (Wildman–Crippen LogP) is 4.69. The Bertz CT molecular complexity index is 1090. The van der Waals surface area contributed by atoms with Gasteiger partial charge in [0.2, 0.25) is 5.91 Å². The lowest BCUT2D eigenvalue weighted by Gasteiger charge is -2.34. The molecule has 0 radical (unpaired) electrons. The van der Waals surface area contributed by atoms with E-state index in [4.69, 9.17) is 11.6 Å². The number of nitrogens with zero attached hydrogens (tertiary/aromatic N) is 2. The van der Waals surface area contributed by atoms with Crippen LogP contribution in [0.2, 0.25) is 5.02 Å². The number of amides is 2. The van der Waals surface area contributed by atoms with Gasteiger partial charge in [0, 0.05) is 52.8 Å². The third-order valence-corrected chi connectivity index (χ3v) is 6.56. The van der Waals surface area contributed by atoms with Crippen LogP contribution in [0, 0.1) is 5.82 Å². The van der Waals surface area contributed by atoms with Gasteiger partial charge in [-0.2, -0.15) is 0 Å². The van der Waals surface area contributed by atoms with Gasteiger partial charge in [0.1, 0.15) is 5.82 Å². The standard InChI is InChI=1S/C22H18ClFN2O2S/c23-21-17-3-1-2-4-18(17)29-19(21)9-10-20(27)25-11-13-26(14-12-25)22(28)15-5-7-16(24)8-6-15/h1-10H,11-14H2/b10-9+. The zero-order valence-electron chi connectivity index (χ0n) is 15.5. The average Bonchev–Trinajstić information content (AvgIpc) is 3.08. The molecule has 3 aromatic rings. The fraction of sp³-hybridized carbons (Fsp3) is 0.182. The molecule has 1 fully saturated rings. The molecule has 0 saturated carbocycles. The molecule has 4 rings (SSSR count). The normalized spacial score (nSPS) is 14.7. The number of piperazine rings is 1. The van der Waals surface area contributed by atoms with Crippen molar-refractivity contribution in [3.05, 3.63) is 75.9 Å². The van der Waals surface area contributed by atoms with Crippen molar-refractivity contribution in [3.63, 3.8) is 0 Å². The first-order chi connectivity index (χ1) is 14.0. The molecular formula is C22H18ClFN2O2S. The highest BCUT2D eigenvalue weighted by molar-refractivity contribution is 7.20. The molecular weight excluding hydrogens is 411 g/mol. The monoisotopic (exact) mass is 428 g/mol. The number of thiophene rings is 1. The minimum Gasteiger partial charge on any atom is -0.336 e. The third kappa shape index (κ3) is 4.18. The Balaban J connectivity index is 1.37. The van der Waals surface area contributed by atoms with Gasteiger partial charge < -0.3 is 9.80 Å². The van der Waals surface area contributed by atoms with Crippen LogP contribution in [0.5, 0.6) is 0 Å². The molecule has 7 heteroatoms. The Morgan fingerprint density at radius 3 is 2.31 bits per heavy atom. The van der Waals surface area contributed by atoms with Crippen molar-refractivity contribution in [1.29, 1.82) is 0 Å². The zero-order valence-corrected chi connectivity index (χ0v) is 17.0. The highest BCUT2D eigenvalue weighted by Gasteiger charge is 2.24. The highest BCUT2D eigenvalue weighted by atomic mass is 35.5. The van der Waals surface area contributed by atoms with Gasteiger partial charge in [-0.25, -0.2) is 4.39 Å². The van der Waals surface area contributed by atoms with Crippen molar-refractivity contribution < 1.29 is 14.0 Å². The van der Waals surface area contributed by atoms with Crippen LogP contribution < -0.4 is 0 Å². The van der Waals surface area contributed by atoms with Gasteiger partial charge in [-0.05, 0) is 36.4 Å². The van der Waals surface area contributed by atoms with Gasteiger partial charge in [0.05, 0.1) is 5.02 Å². The second-order valence-electron chi connectivity index (χ2n) is 6.73. The maximum Gasteiger partial charge on any atom is 0.253 e. The van der Waals surface area contributed by atoms with Crippen molar-refractivity contribution in [3.8, 4) is 0 Å². The molecule has 1 aliphatic rings. The summed E-state index contributed by atoms with van der Waals surface area (Å²) in [6.45, 7) is 1.80. The highest BCUT2D eigenvalue weighted by Crippen LogP contribution is 2.35. The van der Waals surface area contributed by atoms with Gasteiger partial charge in [-0.15, -0.1) is 11.3 Å². The first-order valence-corrected chi connectivity index (χ1v) is 10.4. The number of benzene rings is 2. The topological polar surface area (TPSA) is 40.6 Å². The lowest BCUT2D eigenvalue weighted by atomic mass is 10.1. The molecule has 148 valence electrons. The molecule has 2 aromatic carbocycles. The molecule has 2 heterocycles. The number of hydrogen-bond donors (Lipinski definition) is 0. The lowest BCUT2D eigenvalue weighted by molar-refractivity contribution is -0.127. The van der Waals surface area contributed by atoms with Gasteiger partial charge in [0.25, 0.3) is 5.91 Å². The molecule has 1 aromatic heterocycles. The van der Waals surface area contributed by atoms with Crippen LogP contribution in [-0.4, -0.2) is 47.8 Å². The van der Waals surface area contributed by atoms with Gasteiger partial charge in [0.15, 0.2) is 0 Å². The van der Waals surface area contributed by atoms with Crippen LogP contribution in [0.3, 0.4) is 0 Å². The van der Waals surface area contributed by atoms with E-state index in [-0.39, 0.29) is 17.6 Å². The van der Waals surface area contributed by atoms with E-state index >= 15 is 0 Å². The number of carbonyl (C=O) groups excluding carboxylic acids is 2. The van der Waals surface area contributed by atoms with E-state index in [1.54, 1.807) is 27.2 Å². The van der Waals surface area contributed by atoms with E-state index in [9.17, 15) is 14.0 Å². The van der Waals surface area contributed by atoms with E-state index in [1.165, 1.54) is 30.3 Å². The molecule has 0 unspecified atom stereocenters. The molecule has 29 heavy (non-hydrogen) atoms. The van der Waals surface area contributed by atoms with Crippen molar-refractivity contribution >= 4 is 50.9 Å². The molecule has 1 aliphatic heterocycles. The molecule has 0 N–H and O–H groups in total. The second-order valence-corrected chi connectivity index (χ2v) is 8.20. The Morgan fingerprint density at radius 2 is 1.62 bits per heavy atom. The van der Waals surface area contributed by atoms with Crippen LogP contribution in [0.25, 0.3) is 16.2 Å². The molecule has 4 nitrogen and oxygen atoms in total. The Hall–Kier alpha value is -2.70. The summed E-state index contributed by atoms with van der Waals surface area (Å²) in [7, 11) is 0. The summed E-state index contributed by atoms with van der Waals surface area (Å²) in [5, 5.41) is 1.64. The van der Waals surface area contributed by atoms with Gasteiger partial charge in [-0.1, -0.05) is 29.8 Å². The van der Waals surface area contributed by atoms with E-state index in [0.717, 1.165) is 15.0 Å². The summed E-state index contributed by atoms with van der Waals surface area (Å²) < 4.78 is 14.1. The number of carbonyl (C=O) groups is 2. The minimum absolute atomic E-state index is 0.104. The van der Waals surface area contributed by atoms with Crippen molar-refractivity contribution in [2.24, 2.45) is 0 Å². The first kappa shape index (κ1) is 19.6. The fourth-order valence-electron chi connectivity index (χ4n) is 3.30. The van der Waals surface area contributed by atoms with Crippen LogP contribution in [0.4, 0.5) is 4.39 Å². The summed E-state index contributed by atoms with van der Waals surface area (Å²) in [5.41, 5.74) is 0.450. The molecule has 1 saturated heterocycles. The summed E-state index contributed by atoms with van der Waals surface area (Å²) in [6, 6.07) is 13.4. The Labute approximate surface area is 176 Å². The maximum absolute atomic E-state index is 13.0. The summed E-state index contributed by atoms with van der Waals surface area (Å²) in [5.74, 6) is -0.625. The zero-order chi connectivity index (χ0) is 20.4. The summed E-state index contributed by atoms with van der Waals surface area (Å²) in [4.78, 5) is 29.3. The average molecular weight is 429 g/mol. The third-order valence-electron chi connectivity index (χ3n) is 4.91. The summed E-state index contributed by atoms with van der Waals surface area (Å²) >= 11 is 7.96. The predicted molar refractivity (Wildman–Crippen MR) is 115 cm³/mol. The SMILES string of the molecule is O=C(/C=C/c1sc2ccccc2c1Cl)N1CCN(C(=O)c2ccc(F)cc2)CC1. The molecule has 0 bridgehead atoms. The number of halogens is 2. The largest absolute Gasteiger partial charge is 0.336 e. The molecule has 0 atom stereocenters.